The summed E-state index contributed by atoms with van der Waals surface area (Å²) >= 11 is 0. The van der Waals surface area contributed by atoms with Gasteiger partial charge in [0.2, 0.25) is 5.91 Å². The average molecular weight is 255 g/mol. The predicted octanol–water partition coefficient (Wildman–Crippen LogP) is 1.46. The Hall–Kier alpha value is -1.69. The maximum Gasteiger partial charge on any atom is 0.226 e. The topological polar surface area (TPSA) is 58.4 Å². The molecule has 0 atom stereocenters. The number of hydrogen-bond acceptors (Lipinski definition) is 3. The molecule has 1 heterocycles. The summed E-state index contributed by atoms with van der Waals surface area (Å²) in [6, 6.07) is 2.01. The normalized spacial score (nSPS) is 15.1. The van der Waals surface area contributed by atoms with Crippen molar-refractivity contribution in [3.05, 3.63) is 23.8 Å². The smallest absolute Gasteiger partial charge is 0.226 e. The number of fused-ring (bicyclic) bond motifs is 1. The number of nitrogens with one attached hydrogen (secondary N) is 1. The molecule has 0 saturated heterocycles. The summed E-state index contributed by atoms with van der Waals surface area (Å²) in [4.78, 5) is 13.3. The molecule has 0 fully saturated rings. The standard InChI is InChI=1S/C12H15F2N3O/c13-8-6-9(14)12-10(7-8)17(4-1-3-15)5-2-11(18)16-12/h6-7H,1-5,15H2,(H,16,18). The van der Waals surface area contributed by atoms with Gasteiger partial charge in [0.25, 0.3) is 0 Å². The lowest BCUT2D eigenvalue weighted by Crippen LogP contribution is -2.27. The second-order valence-corrected chi connectivity index (χ2v) is 4.21. The highest BCUT2D eigenvalue weighted by Crippen LogP contribution is 2.32. The number of amides is 1. The summed E-state index contributed by atoms with van der Waals surface area (Å²) in [5, 5.41) is 2.47. The minimum absolute atomic E-state index is 0.0518. The van der Waals surface area contributed by atoms with Crippen molar-refractivity contribution < 1.29 is 13.6 Å². The Bertz CT molecular complexity index is 465. The van der Waals surface area contributed by atoms with Crippen LogP contribution in [0, 0.1) is 11.6 Å². The molecule has 0 spiro atoms. The van der Waals surface area contributed by atoms with Crippen molar-refractivity contribution >= 4 is 17.3 Å². The summed E-state index contributed by atoms with van der Waals surface area (Å²) < 4.78 is 27.0. The fourth-order valence-corrected chi connectivity index (χ4v) is 2.01. The minimum Gasteiger partial charge on any atom is -0.369 e. The Morgan fingerprint density at radius 3 is 2.89 bits per heavy atom. The van der Waals surface area contributed by atoms with E-state index < -0.39 is 11.6 Å². The Morgan fingerprint density at radius 2 is 2.17 bits per heavy atom. The van der Waals surface area contributed by atoms with Crippen molar-refractivity contribution in [1.29, 1.82) is 0 Å². The molecular weight excluding hydrogens is 240 g/mol. The van der Waals surface area contributed by atoms with Crippen molar-refractivity contribution in [3.8, 4) is 0 Å². The molecule has 0 saturated carbocycles. The Kier molecular flexibility index (Phi) is 3.76. The number of benzene rings is 1. The number of rotatable bonds is 3. The van der Waals surface area contributed by atoms with Crippen molar-refractivity contribution in [1.82, 2.24) is 0 Å². The summed E-state index contributed by atoms with van der Waals surface area (Å²) in [6.45, 7) is 1.49. The SMILES string of the molecule is NCCCN1CCC(=O)Nc2c(F)cc(F)cc21. The van der Waals surface area contributed by atoms with Crippen LogP contribution in [0.4, 0.5) is 20.2 Å². The maximum absolute atomic E-state index is 13.7. The second-order valence-electron chi connectivity index (χ2n) is 4.21. The number of hydrogen-bond donors (Lipinski definition) is 2. The van der Waals surface area contributed by atoms with Crippen LogP contribution in [-0.4, -0.2) is 25.5 Å². The Morgan fingerprint density at radius 1 is 1.39 bits per heavy atom. The third-order valence-corrected chi connectivity index (χ3v) is 2.88. The second kappa shape index (κ2) is 5.30. The number of anilines is 2. The number of nitrogens with zero attached hydrogens (tertiary/aromatic N) is 1. The zero-order valence-electron chi connectivity index (χ0n) is 9.88. The van der Waals surface area contributed by atoms with Crippen molar-refractivity contribution in [3.63, 3.8) is 0 Å². The Labute approximate surface area is 104 Å². The number of carbonyl (C=O) groups is 1. The number of halogens is 2. The molecule has 0 unspecified atom stereocenters. The van der Waals surface area contributed by atoms with Gasteiger partial charge in [0.15, 0.2) is 5.82 Å². The molecule has 0 aromatic heterocycles. The van der Waals surface area contributed by atoms with Gasteiger partial charge in [-0.1, -0.05) is 0 Å². The molecule has 0 radical (unpaired) electrons. The third kappa shape index (κ3) is 2.59. The summed E-state index contributed by atoms with van der Waals surface area (Å²) in [5.41, 5.74) is 5.87. The van der Waals surface area contributed by atoms with E-state index >= 15 is 0 Å². The molecule has 3 N–H and O–H groups in total. The van der Waals surface area contributed by atoms with Crippen molar-refractivity contribution in [2.75, 3.05) is 29.9 Å². The highest BCUT2D eigenvalue weighted by Gasteiger charge is 2.22. The molecule has 1 aromatic rings. The number of nitrogens with two attached hydrogens (primary N) is 1. The van der Waals surface area contributed by atoms with Gasteiger partial charge in [-0.3, -0.25) is 4.79 Å². The van der Waals surface area contributed by atoms with Crippen molar-refractivity contribution in [2.45, 2.75) is 12.8 Å². The van der Waals surface area contributed by atoms with Gasteiger partial charge in [-0.15, -0.1) is 0 Å². The Balaban J connectivity index is 2.39. The van der Waals surface area contributed by atoms with Crippen LogP contribution in [0.5, 0.6) is 0 Å². The summed E-state index contributed by atoms with van der Waals surface area (Å²) in [5.74, 6) is -1.67. The van der Waals surface area contributed by atoms with Gasteiger partial charge in [0, 0.05) is 25.6 Å². The van der Waals surface area contributed by atoms with Gasteiger partial charge in [0.1, 0.15) is 11.5 Å². The monoisotopic (exact) mass is 255 g/mol. The van der Waals surface area contributed by atoms with Crippen LogP contribution in [0.3, 0.4) is 0 Å². The molecule has 18 heavy (non-hydrogen) atoms. The van der Waals surface area contributed by atoms with Gasteiger partial charge in [0.05, 0.1) is 5.69 Å². The van der Waals surface area contributed by atoms with E-state index in [1.54, 1.807) is 4.90 Å². The van der Waals surface area contributed by atoms with E-state index in [-0.39, 0.29) is 18.0 Å². The first kappa shape index (κ1) is 12.8. The highest BCUT2D eigenvalue weighted by molar-refractivity contribution is 5.96. The zero-order chi connectivity index (χ0) is 13.1. The molecule has 0 aliphatic carbocycles. The van der Waals surface area contributed by atoms with Crippen LogP contribution in [-0.2, 0) is 4.79 Å². The van der Waals surface area contributed by atoms with Crippen LogP contribution >= 0.6 is 0 Å². The van der Waals surface area contributed by atoms with E-state index in [1.807, 2.05) is 0 Å². The largest absolute Gasteiger partial charge is 0.369 e. The van der Waals surface area contributed by atoms with E-state index in [2.05, 4.69) is 5.32 Å². The van der Waals surface area contributed by atoms with Gasteiger partial charge < -0.3 is 16.0 Å². The molecule has 1 aliphatic rings. The predicted molar refractivity (Wildman–Crippen MR) is 65.5 cm³/mol. The molecule has 6 heteroatoms. The fourth-order valence-electron chi connectivity index (χ4n) is 2.01. The summed E-state index contributed by atoms with van der Waals surface area (Å²) in [6.07, 6.45) is 0.950. The third-order valence-electron chi connectivity index (χ3n) is 2.88. The molecule has 1 aliphatic heterocycles. The zero-order valence-corrected chi connectivity index (χ0v) is 9.88. The van der Waals surface area contributed by atoms with E-state index in [0.29, 0.717) is 31.7 Å². The quantitative estimate of drug-likeness (QED) is 0.859. The van der Waals surface area contributed by atoms with E-state index in [0.717, 1.165) is 6.07 Å². The van der Waals surface area contributed by atoms with E-state index in [4.69, 9.17) is 5.73 Å². The average Bonchev–Trinajstić information content (AvgIpc) is 2.47. The molecule has 4 nitrogen and oxygen atoms in total. The molecule has 1 aromatic carbocycles. The molecule has 1 amide bonds. The lowest BCUT2D eigenvalue weighted by atomic mass is 10.2. The van der Waals surface area contributed by atoms with Crippen molar-refractivity contribution in [2.24, 2.45) is 5.73 Å². The molecular formula is C12H15F2N3O. The van der Waals surface area contributed by atoms with Gasteiger partial charge in [-0.2, -0.15) is 0 Å². The molecule has 0 bridgehead atoms. The van der Waals surface area contributed by atoms with Gasteiger partial charge in [-0.25, -0.2) is 8.78 Å². The van der Waals surface area contributed by atoms with Crippen LogP contribution < -0.4 is 16.0 Å². The van der Waals surface area contributed by atoms with Crippen LogP contribution in [0.15, 0.2) is 12.1 Å². The van der Waals surface area contributed by atoms with Crippen LogP contribution in [0.25, 0.3) is 0 Å². The minimum atomic E-state index is -0.752. The van der Waals surface area contributed by atoms with Gasteiger partial charge >= 0.3 is 0 Å². The molecule has 98 valence electrons. The van der Waals surface area contributed by atoms with Crippen LogP contribution in [0.1, 0.15) is 12.8 Å². The summed E-state index contributed by atoms with van der Waals surface area (Å²) in [7, 11) is 0. The maximum atomic E-state index is 13.7. The number of carbonyl (C=O) groups excluding carboxylic acids is 1. The van der Waals surface area contributed by atoms with Gasteiger partial charge in [-0.05, 0) is 19.0 Å². The highest BCUT2D eigenvalue weighted by atomic mass is 19.1. The lowest BCUT2D eigenvalue weighted by Gasteiger charge is -2.24. The van der Waals surface area contributed by atoms with Crippen LogP contribution in [0.2, 0.25) is 0 Å². The molecule has 2 rings (SSSR count). The fraction of sp³-hybridized carbons (Fsp3) is 0.417. The first-order chi connectivity index (χ1) is 8.61. The van der Waals surface area contributed by atoms with E-state index in [1.165, 1.54) is 6.07 Å². The lowest BCUT2D eigenvalue weighted by molar-refractivity contribution is -0.116. The first-order valence-corrected chi connectivity index (χ1v) is 5.85. The van der Waals surface area contributed by atoms with E-state index in [9.17, 15) is 13.6 Å². The first-order valence-electron chi connectivity index (χ1n) is 5.85.